The first-order valence-corrected chi connectivity index (χ1v) is 15.2. The van der Waals surface area contributed by atoms with Crippen molar-refractivity contribution in [2.24, 2.45) is 0 Å². The summed E-state index contributed by atoms with van der Waals surface area (Å²) >= 11 is 1.42. The average Bonchev–Trinajstić information content (AvgIpc) is 3.66. The van der Waals surface area contributed by atoms with Gasteiger partial charge in [-0.25, -0.2) is 9.78 Å². The van der Waals surface area contributed by atoms with Crippen molar-refractivity contribution in [3.63, 3.8) is 0 Å². The summed E-state index contributed by atoms with van der Waals surface area (Å²) in [6.45, 7) is 5.73. The normalized spacial score (nSPS) is 15.8. The fourth-order valence-corrected chi connectivity index (χ4v) is 6.75. The van der Waals surface area contributed by atoms with E-state index in [9.17, 15) is 14.9 Å². The second kappa shape index (κ2) is 12.3. The molecule has 6 rings (SSSR count). The molecule has 9 heteroatoms. The lowest BCUT2D eigenvalue weighted by atomic mass is 9.83. The first-order valence-electron chi connectivity index (χ1n) is 14.4. The van der Waals surface area contributed by atoms with Crippen LogP contribution in [0.15, 0.2) is 61.2 Å². The number of fused-ring (bicyclic) bond motifs is 1. The Morgan fingerprint density at radius 2 is 1.90 bits per heavy atom. The van der Waals surface area contributed by atoms with Crippen molar-refractivity contribution < 1.29 is 19.1 Å². The number of esters is 1. The van der Waals surface area contributed by atoms with Crippen molar-refractivity contribution in [3.8, 4) is 33.8 Å². The summed E-state index contributed by atoms with van der Waals surface area (Å²) in [7, 11) is 0. The number of rotatable bonds is 7. The number of thiophene rings is 1. The van der Waals surface area contributed by atoms with Gasteiger partial charge in [0.1, 0.15) is 17.5 Å². The number of nitriles is 1. The molecule has 0 radical (unpaired) electrons. The molecule has 1 saturated heterocycles. The first kappa shape index (κ1) is 27.9. The molecule has 0 N–H and O–H groups in total. The Hall–Kier alpha value is -4.26. The predicted octanol–water partition coefficient (Wildman–Crippen LogP) is 6.30. The van der Waals surface area contributed by atoms with E-state index in [2.05, 4.69) is 18.7 Å². The highest BCUT2D eigenvalue weighted by Crippen LogP contribution is 2.43. The number of amides is 1. The second-order valence-corrected chi connectivity index (χ2v) is 11.8. The van der Waals surface area contributed by atoms with Crippen LogP contribution in [-0.4, -0.2) is 52.6 Å². The van der Waals surface area contributed by atoms with Crippen LogP contribution in [0.4, 0.5) is 0 Å². The number of morpholine rings is 1. The fourth-order valence-electron chi connectivity index (χ4n) is 5.97. The number of benzene rings is 1. The Morgan fingerprint density at radius 3 is 2.64 bits per heavy atom. The van der Waals surface area contributed by atoms with E-state index in [1.807, 2.05) is 47.0 Å². The standard InChI is InChI=1S/C33H32N4O4S/c1-2-32(39)41-31-19-26(22-6-4-3-5-7-22)33(37(31)21-30(38)36-14-16-40-17-15-36)24-9-11-27-23(18-24)8-12-28(35-27)29-13-10-25(20-34)42-29/h2,8-13,18-19,22H,1,3-7,14-17,21H2. The van der Waals surface area contributed by atoms with Crippen LogP contribution in [0.2, 0.25) is 0 Å². The maximum Gasteiger partial charge on any atom is 0.336 e. The monoisotopic (exact) mass is 580 g/mol. The van der Waals surface area contributed by atoms with Gasteiger partial charge in [0.2, 0.25) is 11.8 Å². The van der Waals surface area contributed by atoms with Gasteiger partial charge in [0.05, 0.1) is 35.0 Å². The minimum atomic E-state index is -0.558. The Kier molecular flexibility index (Phi) is 8.17. The maximum absolute atomic E-state index is 13.5. The van der Waals surface area contributed by atoms with Crippen LogP contribution < -0.4 is 4.74 Å². The van der Waals surface area contributed by atoms with E-state index >= 15 is 0 Å². The summed E-state index contributed by atoms with van der Waals surface area (Å²) in [4.78, 5) is 34.2. The van der Waals surface area contributed by atoms with Gasteiger partial charge in [0.25, 0.3) is 0 Å². The van der Waals surface area contributed by atoms with Crippen LogP contribution in [0.5, 0.6) is 5.88 Å². The molecule has 1 aliphatic carbocycles. The van der Waals surface area contributed by atoms with E-state index in [1.165, 1.54) is 17.8 Å². The van der Waals surface area contributed by atoms with E-state index in [1.54, 1.807) is 4.90 Å². The molecule has 0 atom stereocenters. The number of hydrogen-bond acceptors (Lipinski definition) is 7. The molecule has 4 aromatic rings. The number of aromatic nitrogens is 2. The van der Waals surface area contributed by atoms with E-state index in [0.29, 0.717) is 43.0 Å². The number of carbonyl (C=O) groups excluding carboxylic acids is 2. The lowest BCUT2D eigenvalue weighted by Gasteiger charge is -2.28. The predicted molar refractivity (Wildman–Crippen MR) is 162 cm³/mol. The Labute approximate surface area is 248 Å². The molecule has 0 bridgehead atoms. The third-order valence-corrected chi connectivity index (χ3v) is 9.11. The quantitative estimate of drug-likeness (QED) is 0.188. The summed E-state index contributed by atoms with van der Waals surface area (Å²) in [5.74, 6) is 0.0643. The Morgan fingerprint density at radius 1 is 1.10 bits per heavy atom. The number of nitrogens with zero attached hydrogens (tertiary/aromatic N) is 4. The molecule has 1 aliphatic heterocycles. The van der Waals surface area contributed by atoms with Gasteiger partial charge in [-0.15, -0.1) is 11.3 Å². The summed E-state index contributed by atoms with van der Waals surface area (Å²) < 4.78 is 13.1. The molecular weight excluding hydrogens is 548 g/mol. The van der Waals surface area contributed by atoms with Crippen molar-refractivity contribution in [2.75, 3.05) is 26.3 Å². The second-order valence-electron chi connectivity index (χ2n) is 10.7. The van der Waals surface area contributed by atoms with Crippen LogP contribution >= 0.6 is 11.3 Å². The van der Waals surface area contributed by atoms with Gasteiger partial charge in [-0.3, -0.25) is 4.79 Å². The average molecular weight is 581 g/mol. The summed E-state index contributed by atoms with van der Waals surface area (Å²) in [5, 5.41) is 10.2. The van der Waals surface area contributed by atoms with Crippen LogP contribution in [0, 0.1) is 11.3 Å². The number of hydrogen-bond donors (Lipinski definition) is 0. The zero-order chi connectivity index (χ0) is 29.1. The Bertz CT molecular complexity index is 1690. The molecule has 42 heavy (non-hydrogen) atoms. The van der Waals surface area contributed by atoms with E-state index in [-0.39, 0.29) is 12.5 Å². The zero-order valence-electron chi connectivity index (χ0n) is 23.4. The molecule has 0 spiro atoms. The molecule has 0 unspecified atom stereocenters. The van der Waals surface area contributed by atoms with Crippen LogP contribution in [-0.2, 0) is 20.9 Å². The topological polar surface area (TPSA) is 97.4 Å². The summed E-state index contributed by atoms with van der Waals surface area (Å²) in [6.07, 6.45) is 6.74. The summed E-state index contributed by atoms with van der Waals surface area (Å²) in [5.41, 5.74) is 4.60. The van der Waals surface area contributed by atoms with Gasteiger partial charge in [0.15, 0.2) is 0 Å². The van der Waals surface area contributed by atoms with Crippen molar-refractivity contribution in [1.29, 1.82) is 5.26 Å². The maximum atomic E-state index is 13.5. The number of ether oxygens (including phenoxy) is 2. The lowest BCUT2D eigenvalue weighted by molar-refractivity contribution is -0.136. The highest BCUT2D eigenvalue weighted by molar-refractivity contribution is 7.15. The lowest BCUT2D eigenvalue weighted by Crippen LogP contribution is -2.42. The Balaban J connectivity index is 1.45. The third-order valence-electron chi connectivity index (χ3n) is 8.09. The molecular formula is C33H32N4O4S. The highest BCUT2D eigenvalue weighted by atomic mass is 32.1. The summed E-state index contributed by atoms with van der Waals surface area (Å²) in [6, 6.07) is 18.0. The molecule has 214 valence electrons. The fraction of sp³-hybridized carbons (Fsp3) is 0.333. The van der Waals surface area contributed by atoms with Crippen molar-refractivity contribution in [3.05, 3.63) is 71.6 Å². The van der Waals surface area contributed by atoms with Gasteiger partial charge in [-0.2, -0.15) is 5.26 Å². The number of pyridine rings is 1. The first-order chi connectivity index (χ1) is 20.5. The van der Waals surface area contributed by atoms with E-state index in [4.69, 9.17) is 14.5 Å². The SMILES string of the molecule is C=CC(=O)Oc1cc(C2CCCCC2)c(-c2ccc3nc(-c4ccc(C#N)s4)ccc3c2)n1CC(=O)N1CCOCC1. The molecule has 1 aromatic carbocycles. The zero-order valence-corrected chi connectivity index (χ0v) is 24.2. The van der Waals surface area contributed by atoms with Gasteiger partial charge >= 0.3 is 5.97 Å². The number of carbonyl (C=O) groups is 2. The van der Waals surface area contributed by atoms with Crippen LogP contribution in [0.3, 0.4) is 0 Å². The van der Waals surface area contributed by atoms with E-state index < -0.39 is 5.97 Å². The molecule has 8 nitrogen and oxygen atoms in total. The molecule has 1 amide bonds. The van der Waals surface area contributed by atoms with E-state index in [0.717, 1.165) is 70.1 Å². The van der Waals surface area contributed by atoms with Crippen LogP contribution in [0.1, 0.15) is 48.5 Å². The van der Waals surface area contributed by atoms with Gasteiger partial charge in [0, 0.05) is 30.6 Å². The van der Waals surface area contributed by atoms with Crippen LogP contribution in [0.25, 0.3) is 32.7 Å². The smallest absolute Gasteiger partial charge is 0.336 e. The minimum Gasteiger partial charge on any atom is -0.406 e. The molecule has 1 saturated carbocycles. The molecule has 2 aliphatic rings. The molecule has 3 aromatic heterocycles. The molecule has 2 fully saturated rings. The largest absolute Gasteiger partial charge is 0.406 e. The third kappa shape index (κ3) is 5.73. The molecule has 4 heterocycles. The van der Waals surface area contributed by atoms with Crippen molar-refractivity contribution in [2.45, 2.75) is 44.6 Å². The van der Waals surface area contributed by atoms with Gasteiger partial charge in [-0.05, 0) is 60.2 Å². The minimum absolute atomic E-state index is 0.0407. The van der Waals surface area contributed by atoms with Crippen molar-refractivity contribution >= 4 is 34.1 Å². The van der Waals surface area contributed by atoms with Gasteiger partial charge in [-0.1, -0.05) is 38.0 Å². The van der Waals surface area contributed by atoms with Crippen molar-refractivity contribution in [1.82, 2.24) is 14.5 Å². The van der Waals surface area contributed by atoms with Gasteiger partial charge < -0.3 is 18.9 Å². The highest BCUT2D eigenvalue weighted by Gasteiger charge is 2.28.